The Hall–Kier alpha value is -0.640. The minimum atomic E-state index is -0.246. The number of rotatable bonds is 4. The number of benzene rings is 1. The lowest BCUT2D eigenvalue weighted by atomic mass is 9.69. The largest absolute Gasteiger partial charge is 0.271 e. The molecule has 3 N–H and O–H groups in total. The molecule has 1 aliphatic carbocycles. The standard InChI is InChI=1S/C15H22ClFN2/c1-15(7-3-2-4-8-15)14(19-18)10-11-9-12(17)5-6-13(11)16/h5-6,9,14,19H,2-4,7-8,10,18H2,1H3. The van der Waals surface area contributed by atoms with Gasteiger partial charge < -0.3 is 0 Å². The maximum atomic E-state index is 13.3. The highest BCUT2D eigenvalue weighted by Crippen LogP contribution is 2.40. The highest BCUT2D eigenvalue weighted by molar-refractivity contribution is 6.31. The summed E-state index contributed by atoms with van der Waals surface area (Å²) in [5.41, 5.74) is 3.93. The van der Waals surface area contributed by atoms with Crippen molar-refractivity contribution in [2.75, 3.05) is 0 Å². The zero-order valence-corrected chi connectivity index (χ0v) is 12.1. The van der Waals surface area contributed by atoms with E-state index in [0.29, 0.717) is 11.4 Å². The van der Waals surface area contributed by atoms with Crippen LogP contribution in [0.3, 0.4) is 0 Å². The lowest BCUT2D eigenvalue weighted by Gasteiger charge is -2.40. The van der Waals surface area contributed by atoms with Gasteiger partial charge in [0.05, 0.1) is 0 Å². The summed E-state index contributed by atoms with van der Waals surface area (Å²) in [6.07, 6.45) is 6.78. The molecule has 4 heteroatoms. The van der Waals surface area contributed by atoms with Crippen LogP contribution in [0.5, 0.6) is 0 Å². The Morgan fingerprint density at radius 3 is 2.68 bits per heavy atom. The third-order valence-corrected chi connectivity index (χ3v) is 4.84. The van der Waals surface area contributed by atoms with E-state index in [0.717, 1.165) is 18.4 Å². The number of nitrogens with two attached hydrogens (primary N) is 1. The Balaban J connectivity index is 2.16. The maximum absolute atomic E-state index is 13.3. The van der Waals surface area contributed by atoms with E-state index in [-0.39, 0.29) is 17.3 Å². The van der Waals surface area contributed by atoms with Crippen molar-refractivity contribution in [1.82, 2.24) is 5.43 Å². The Labute approximate surface area is 119 Å². The molecule has 0 aliphatic heterocycles. The van der Waals surface area contributed by atoms with Crippen LogP contribution in [0.4, 0.5) is 4.39 Å². The first-order chi connectivity index (χ1) is 9.05. The molecule has 19 heavy (non-hydrogen) atoms. The van der Waals surface area contributed by atoms with Gasteiger partial charge in [0.1, 0.15) is 5.82 Å². The maximum Gasteiger partial charge on any atom is 0.123 e. The third-order valence-electron chi connectivity index (χ3n) is 4.47. The summed E-state index contributed by atoms with van der Waals surface area (Å²) in [7, 11) is 0. The molecular weight excluding hydrogens is 263 g/mol. The van der Waals surface area contributed by atoms with Gasteiger partial charge in [-0.15, -0.1) is 0 Å². The predicted octanol–water partition coefficient (Wildman–Crippen LogP) is 3.82. The second kappa shape index (κ2) is 6.21. The Morgan fingerprint density at radius 2 is 2.05 bits per heavy atom. The average Bonchev–Trinajstić information content (AvgIpc) is 2.40. The van der Waals surface area contributed by atoms with Crippen molar-refractivity contribution in [3.63, 3.8) is 0 Å². The Bertz CT molecular complexity index is 430. The van der Waals surface area contributed by atoms with E-state index in [9.17, 15) is 4.39 Å². The number of hydrazine groups is 1. The molecule has 1 unspecified atom stereocenters. The molecule has 2 nitrogen and oxygen atoms in total. The molecule has 1 aromatic rings. The summed E-state index contributed by atoms with van der Waals surface area (Å²) in [4.78, 5) is 0. The van der Waals surface area contributed by atoms with Crippen LogP contribution in [0.25, 0.3) is 0 Å². The second-order valence-electron chi connectivity index (χ2n) is 5.87. The van der Waals surface area contributed by atoms with Crippen LogP contribution in [0, 0.1) is 11.2 Å². The fourth-order valence-electron chi connectivity index (χ4n) is 3.13. The van der Waals surface area contributed by atoms with Gasteiger partial charge in [0, 0.05) is 11.1 Å². The summed E-state index contributed by atoms with van der Waals surface area (Å²) >= 11 is 6.15. The van der Waals surface area contributed by atoms with Gasteiger partial charge in [0.2, 0.25) is 0 Å². The van der Waals surface area contributed by atoms with E-state index < -0.39 is 0 Å². The van der Waals surface area contributed by atoms with Crippen molar-refractivity contribution in [1.29, 1.82) is 0 Å². The fourth-order valence-corrected chi connectivity index (χ4v) is 3.33. The van der Waals surface area contributed by atoms with Crippen molar-refractivity contribution in [2.45, 2.75) is 51.5 Å². The molecule has 1 saturated carbocycles. The molecule has 0 aromatic heterocycles. The van der Waals surface area contributed by atoms with Crippen LogP contribution < -0.4 is 11.3 Å². The number of hydrogen-bond donors (Lipinski definition) is 2. The quantitative estimate of drug-likeness (QED) is 0.651. The lowest BCUT2D eigenvalue weighted by Crippen LogP contribution is -2.49. The molecule has 0 spiro atoms. The first-order valence-electron chi connectivity index (χ1n) is 6.95. The normalized spacial score (nSPS) is 20.2. The van der Waals surface area contributed by atoms with Gasteiger partial charge in [-0.1, -0.05) is 37.8 Å². The van der Waals surface area contributed by atoms with Gasteiger partial charge in [-0.3, -0.25) is 11.3 Å². The highest BCUT2D eigenvalue weighted by atomic mass is 35.5. The molecule has 0 heterocycles. The smallest absolute Gasteiger partial charge is 0.123 e. The number of hydrogen-bond acceptors (Lipinski definition) is 2. The van der Waals surface area contributed by atoms with Crippen LogP contribution in [-0.4, -0.2) is 6.04 Å². The summed E-state index contributed by atoms with van der Waals surface area (Å²) in [5, 5.41) is 0.612. The zero-order chi connectivity index (χ0) is 13.9. The van der Waals surface area contributed by atoms with Crippen LogP contribution in [0.1, 0.15) is 44.6 Å². The van der Waals surface area contributed by atoms with Gasteiger partial charge in [0.25, 0.3) is 0 Å². The molecule has 0 amide bonds. The molecule has 1 fully saturated rings. The van der Waals surface area contributed by atoms with E-state index >= 15 is 0 Å². The topological polar surface area (TPSA) is 38.0 Å². The predicted molar refractivity (Wildman–Crippen MR) is 77.4 cm³/mol. The summed E-state index contributed by atoms with van der Waals surface area (Å²) in [5.74, 6) is 5.49. The van der Waals surface area contributed by atoms with Gasteiger partial charge in [-0.05, 0) is 48.4 Å². The van der Waals surface area contributed by atoms with Crippen molar-refractivity contribution >= 4 is 11.6 Å². The minimum Gasteiger partial charge on any atom is -0.271 e. The molecule has 1 aromatic carbocycles. The summed E-state index contributed by atoms with van der Waals surface area (Å²) in [6, 6.07) is 4.65. The zero-order valence-electron chi connectivity index (χ0n) is 11.4. The fraction of sp³-hybridized carbons (Fsp3) is 0.600. The monoisotopic (exact) mass is 284 g/mol. The minimum absolute atomic E-state index is 0.132. The summed E-state index contributed by atoms with van der Waals surface area (Å²) < 4.78 is 13.3. The molecule has 1 aliphatic rings. The molecule has 0 radical (unpaired) electrons. The van der Waals surface area contributed by atoms with Gasteiger partial charge in [-0.2, -0.15) is 0 Å². The molecule has 0 bridgehead atoms. The van der Waals surface area contributed by atoms with Crippen LogP contribution in [0.15, 0.2) is 18.2 Å². The van der Waals surface area contributed by atoms with E-state index in [4.69, 9.17) is 17.4 Å². The van der Waals surface area contributed by atoms with Crippen LogP contribution in [0.2, 0.25) is 5.02 Å². The molecule has 1 atom stereocenters. The van der Waals surface area contributed by atoms with Crippen LogP contribution >= 0.6 is 11.6 Å². The van der Waals surface area contributed by atoms with E-state index in [2.05, 4.69) is 12.3 Å². The van der Waals surface area contributed by atoms with E-state index in [1.807, 2.05) is 0 Å². The van der Waals surface area contributed by atoms with Gasteiger partial charge in [-0.25, -0.2) is 4.39 Å². The molecule has 106 valence electrons. The molecular formula is C15H22ClFN2. The Morgan fingerprint density at radius 1 is 1.37 bits per heavy atom. The third kappa shape index (κ3) is 3.47. The SMILES string of the molecule is CC1(C(Cc2cc(F)ccc2Cl)NN)CCCCC1. The number of nitrogens with one attached hydrogen (secondary N) is 1. The van der Waals surface area contributed by atoms with Crippen molar-refractivity contribution in [3.05, 3.63) is 34.6 Å². The molecule has 0 saturated heterocycles. The average molecular weight is 285 g/mol. The van der Waals surface area contributed by atoms with E-state index in [1.54, 1.807) is 6.07 Å². The first kappa shape index (κ1) is 14.8. The van der Waals surface area contributed by atoms with Gasteiger partial charge >= 0.3 is 0 Å². The van der Waals surface area contributed by atoms with Crippen molar-refractivity contribution < 1.29 is 4.39 Å². The van der Waals surface area contributed by atoms with Crippen molar-refractivity contribution in [3.8, 4) is 0 Å². The van der Waals surface area contributed by atoms with E-state index in [1.165, 1.54) is 31.4 Å². The summed E-state index contributed by atoms with van der Waals surface area (Å²) in [6.45, 7) is 2.27. The van der Waals surface area contributed by atoms with Crippen LogP contribution in [-0.2, 0) is 6.42 Å². The molecule has 2 rings (SSSR count). The Kier molecular flexibility index (Phi) is 4.82. The van der Waals surface area contributed by atoms with Gasteiger partial charge in [0.15, 0.2) is 0 Å². The first-order valence-corrected chi connectivity index (χ1v) is 7.33. The second-order valence-corrected chi connectivity index (χ2v) is 6.28. The highest BCUT2D eigenvalue weighted by Gasteiger charge is 2.35. The number of halogens is 2. The lowest BCUT2D eigenvalue weighted by molar-refractivity contribution is 0.144. The van der Waals surface area contributed by atoms with Crippen molar-refractivity contribution in [2.24, 2.45) is 11.3 Å².